The molecule has 1 aliphatic rings. The second kappa shape index (κ2) is 6.82. The molecule has 0 saturated heterocycles. The van der Waals surface area contributed by atoms with E-state index in [0.29, 0.717) is 10.0 Å². The molecular weight excluding hydrogens is 371 g/mol. The van der Waals surface area contributed by atoms with Crippen LogP contribution < -0.4 is 10.6 Å². The van der Waals surface area contributed by atoms with Crippen LogP contribution in [0.15, 0.2) is 36.4 Å². The maximum absolute atomic E-state index is 12.4. The van der Waals surface area contributed by atoms with Gasteiger partial charge in [0.05, 0.1) is 33.2 Å². The number of benzene rings is 2. The second-order valence-corrected chi connectivity index (χ2v) is 7.28. The molecule has 0 radical (unpaired) electrons. The number of aromatic amines is 1. The summed E-state index contributed by atoms with van der Waals surface area (Å²) in [5, 5.41) is 7.10. The van der Waals surface area contributed by atoms with E-state index in [1.54, 1.807) is 6.07 Å². The lowest BCUT2D eigenvalue weighted by Gasteiger charge is -2.17. The zero-order chi connectivity index (χ0) is 18.3. The van der Waals surface area contributed by atoms with Crippen molar-refractivity contribution in [3.05, 3.63) is 63.4 Å². The van der Waals surface area contributed by atoms with Crippen LogP contribution in [-0.4, -0.2) is 16.0 Å². The number of hydrogen-bond donors (Lipinski definition) is 3. The molecule has 0 bridgehead atoms. The quantitative estimate of drug-likeness (QED) is 0.595. The van der Waals surface area contributed by atoms with Crippen molar-refractivity contribution < 1.29 is 4.79 Å². The maximum atomic E-state index is 12.4. The van der Waals surface area contributed by atoms with E-state index in [9.17, 15) is 4.79 Å². The summed E-state index contributed by atoms with van der Waals surface area (Å²) in [5.74, 6) is 0.725. The van der Waals surface area contributed by atoms with Crippen molar-refractivity contribution in [1.82, 2.24) is 20.6 Å². The van der Waals surface area contributed by atoms with Gasteiger partial charge < -0.3 is 15.6 Å². The van der Waals surface area contributed by atoms with Gasteiger partial charge in [-0.15, -0.1) is 0 Å². The highest BCUT2D eigenvalue weighted by Gasteiger charge is 2.27. The third-order valence-electron chi connectivity index (χ3n) is 4.76. The summed E-state index contributed by atoms with van der Waals surface area (Å²) in [5.41, 5.74) is 3.89. The van der Waals surface area contributed by atoms with Crippen molar-refractivity contribution in [3.63, 3.8) is 0 Å². The fraction of sp³-hybridized carbons (Fsp3) is 0.263. The Morgan fingerprint density at radius 3 is 2.88 bits per heavy atom. The summed E-state index contributed by atoms with van der Waals surface area (Å²) in [6.45, 7) is 1.90. The number of nitrogens with one attached hydrogen (secondary N) is 3. The van der Waals surface area contributed by atoms with E-state index < -0.39 is 0 Å². The normalized spacial score (nSPS) is 17.1. The summed E-state index contributed by atoms with van der Waals surface area (Å²) in [4.78, 5) is 20.2. The number of nitrogens with zero attached hydrogens (tertiary/aromatic N) is 1. The molecule has 2 atom stereocenters. The highest BCUT2D eigenvalue weighted by atomic mass is 35.5. The summed E-state index contributed by atoms with van der Waals surface area (Å²) in [6, 6.07) is 11.0. The smallest absolute Gasteiger partial charge is 0.315 e. The minimum absolute atomic E-state index is 0.0670. The number of aromatic nitrogens is 2. The predicted octanol–water partition coefficient (Wildman–Crippen LogP) is 4.92. The molecule has 2 amide bonds. The zero-order valence-corrected chi connectivity index (χ0v) is 15.7. The van der Waals surface area contributed by atoms with Gasteiger partial charge in [-0.25, -0.2) is 9.78 Å². The predicted molar refractivity (Wildman–Crippen MR) is 104 cm³/mol. The van der Waals surface area contributed by atoms with Gasteiger partial charge >= 0.3 is 6.03 Å². The van der Waals surface area contributed by atoms with Gasteiger partial charge in [-0.3, -0.25) is 0 Å². The monoisotopic (exact) mass is 388 g/mol. The van der Waals surface area contributed by atoms with Crippen molar-refractivity contribution in [2.24, 2.45) is 0 Å². The number of amides is 2. The molecule has 3 aromatic rings. The maximum Gasteiger partial charge on any atom is 0.315 e. The first-order valence-electron chi connectivity index (χ1n) is 8.51. The van der Waals surface area contributed by atoms with E-state index in [1.165, 1.54) is 0 Å². The third kappa shape index (κ3) is 3.13. The van der Waals surface area contributed by atoms with Gasteiger partial charge in [0.25, 0.3) is 0 Å². The molecular formula is C19H18Cl2N4O. The number of carbonyl (C=O) groups excluding carboxylic acids is 1. The van der Waals surface area contributed by atoms with Crippen LogP contribution in [0.2, 0.25) is 10.0 Å². The van der Waals surface area contributed by atoms with Crippen LogP contribution in [0, 0.1) is 0 Å². The summed E-state index contributed by atoms with van der Waals surface area (Å²) >= 11 is 12.3. The van der Waals surface area contributed by atoms with Gasteiger partial charge in [-0.2, -0.15) is 0 Å². The lowest BCUT2D eigenvalue weighted by atomic mass is 10.1. The van der Waals surface area contributed by atoms with Crippen LogP contribution in [-0.2, 0) is 6.42 Å². The number of H-pyrrole nitrogens is 1. The van der Waals surface area contributed by atoms with E-state index in [-0.39, 0.29) is 18.1 Å². The van der Waals surface area contributed by atoms with Crippen molar-refractivity contribution in [1.29, 1.82) is 0 Å². The molecule has 0 fully saturated rings. The first-order valence-corrected chi connectivity index (χ1v) is 9.27. The molecule has 0 aliphatic heterocycles. The number of carbonyl (C=O) groups is 1. The fourth-order valence-electron chi connectivity index (χ4n) is 3.42. The van der Waals surface area contributed by atoms with Gasteiger partial charge in [0, 0.05) is 0 Å². The molecule has 3 N–H and O–H groups in total. The number of fused-ring (bicyclic) bond motifs is 2. The summed E-state index contributed by atoms with van der Waals surface area (Å²) in [7, 11) is 0. The van der Waals surface area contributed by atoms with Crippen molar-refractivity contribution in [2.45, 2.75) is 31.8 Å². The van der Waals surface area contributed by atoms with Crippen LogP contribution >= 0.6 is 23.2 Å². The number of para-hydroxylation sites is 2. The second-order valence-electron chi connectivity index (χ2n) is 6.50. The highest BCUT2D eigenvalue weighted by molar-refractivity contribution is 6.42. The molecule has 0 spiro atoms. The van der Waals surface area contributed by atoms with Gasteiger partial charge in [0.2, 0.25) is 0 Å². The van der Waals surface area contributed by atoms with Gasteiger partial charge in [-0.1, -0.05) is 41.4 Å². The van der Waals surface area contributed by atoms with Gasteiger partial charge in [0.15, 0.2) is 0 Å². The van der Waals surface area contributed by atoms with E-state index in [2.05, 4.69) is 20.6 Å². The average Bonchev–Trinajstić information content (AvgIpc) is 3.22. The van der Waals surface area contributed by atoms with E-state index >= 15 is 0 Å². The largest absolute Gasteiger partial charge is 0.340 e. The van der Waals surface area contributed by atoms with Gasteiger partial charge in [-0.05, 0) is 49.1 Å². The van der Waals surface area contributed by atoms with Crippen LogP contribution in [0.25, 0.3) is 11.0 Å². The molecule has 1 aromatic heterocycles. The Hall–Kier alpha value is -2.24. The average molecular weight is 389 g/mol. The molecule has 0 saturated carbocycles. The van der Waals surface area contributed by atoms with E-state index in [1.807, 2.05) is 37.3 Å². The van der Waals surface area contributed by atoms with Crippen LogP contribution in [0.1, 0.15) is 42.4 Å². The number of imidazole rings is 1. The Labute approximate surface area is 161 Å². The summed E-state index contributed by atoms with van der Waals surface area (Å²) in [6.07, 6.45) is 1.61. The van der Waals surface area contributed by atoms with Gasteiger partial charge in [0.1, 0.15) is 5.82 Å². The molecule has 4 rings (SSSR count). The minimum atomic E-state index is -0.239. The topological polar surface area (TPSA) is 69.8 Å². The lowest BCUT2D eigenvalue weighted by Crippen LogP contribution is -2.38. The van der Waals surface area contributed by atoms with Crippen molar-refractivity contribution in [2.75, 3.05) is 0 Å². The molecule has 134 valence electrons. The number of rotatable bonds is 3. The molecule has 5 nitrogen and oxygen atoms in total. The molecule has 7 heteroatoms. The van der Waals surface area contributed by atoms with E-state index in [4.69, 9.17) is 23.2 Å². The Kier molecular flexibility index (Phi) is 4.51. The van der Waals surface area contributed by atoms with Crippen molar-refractivity contribution >= 4 is 40.3 Å². The zero-order valence-electron chi connectivity index (χ0n) is 14.1. The Morgan fingerprint density at radius 1 is 1.27 bits per heavy atom. The van der Waals surface area contributed by atoms with E-state index in [0.717, 1.165) is 40.8 Å². The number of urea groups is 1. The SMILES string of the molecule is CC(NC(=O)NC1CCc2c1ccc(Cl)c2Cl)c1nc2ccccc2[nH]1. The molecule has 2 unspecified atom stereocenters. The number of halogens is 2. The molecule has 26 heavy (non-hydrogen) atoms. The lowest BCUT2D eigenvalue weighted by molar-refractivity contribution is 0.233. The molecule has 2 aromatic carbocycles. The Morgan fingerprint density at radius 2 is 2.08 bits per heavy atom. The minimum Gasteiger partial charge on any atom is -0.340 e. The molecule has 1 aliphatic carbocycles. The Balaban J connectivity index is 1.44. The standard InChI is InChI=1S/C19H18Cl2N4O/c1-10(18-23-15-4-2-3-5-16(15)24-18)22-19(26)25-14-9-7-12-11(14)6-8-13(20)17(12)21/h2-6,8,10,14H,7,9H2,1H3,(H,23,24)(H2,22,25,26). The summed E-state index contributed by atoms with van der Waals surface area (Å²) < 4.78 is 0. The van der Waals surface area contributed by atoms with Crippen LogP contribution in [0.4, 0.5) is 4.79 Å². The first kappa shape index (κ1) is 17.2. The van der Waals surface area contributed by atoms with Crippen LogP contribution in [0.3, 0.4) is 0 Å². The Bertz CT molecular complexity index is 952. The first-order chi connectivity index (χ1) is 12.5. The number of hydrogen-bond acceptors (Lipinski definition) is 2. The van der Waals surface area contributed by atoms with Crippen LogP contribution in [0.5, 0.6) is 0 Å². The highest BCUT2D eigenvalue weighted by Crippen LogP contribution is 2.39. The van der Waals surface area contributed by atoms with Crippen molar-refractivity contribution in [3.8, 4) is 0 Å². The molecule has 1 heterocycles. The fourth-order valence-corrected chi connectivity index (χ4v) is 3.87. The third-order valence-corrected chi connectivity index (χ3v) is 5.60.